The Morgan fingerprint density at radius 1 is 1.58 bits per heavy atom. The van der Waals surface area contributed by atoms with Crippen molar-refractivity contribution >= 4 is 10.1 Å². The topological polar surface area (TPSA) is 77.8 Å². The zero-order valence-electron chi connectivity index (χ0n) is 7.06. The van der Waals surface area contributed by atoms with Gasteiger partial charge in [-0.3, -0.25) is 9.45 Å². The fourth-order valence-electron chi connectivity index (χ4n) is 1.41. The van der Waals surface area contributed by atoms with Crippen molar-refractivity contribution in [1.82, 2.24) is 4.90 Å². The summed E-state index contributed by atoms with van der Waals surface area (Å²) in [7, 11) is -2.65. The number of likely N-dealkylation sites (tertiary alicyclic amines) is 1. The minimum Gasteiger partial charge on any atom is -0.371 e. The number of hydrogen-bond donors (Lipinski definition) is 2. The standard InChI is InChI=1S/C6H13NO4S/c1-5-3-6(8,4-7(5)2)12(9,10)11/h5,8H,3-4H2,1-2H3,(H,9,10,11). The maximum absolute atomic E-state index is 10.7. The van der Waals surface area contributed by atoms with Crippen LogP contribution in [0.15, 0.2) is 0 Å². The molecule has 1 aliphatic heterocycles. The van der Waals surface area contributed by atoms with Crippen molar-refractivity contribution in [2.24, 2.45) is 0 Å². The van der Waals surface area contributed by atoms with Gasteiger partial charge in [-0.25, -0.2) is 0 Å². The number of rotatable bonds is 1. The zero-order chi connectivity index (χ0) is 9.57. The predicted octanol–water partition coefficient (Wildman–Crippen LogP) is -0.713. The summed E-state index contributed by atoms with van der Waals surface area (Å²) in [6.07, 6.45) is 0.0579. The number of β-amino-alcohol motifs (C(OH)–C–C–N with tert-alkyl or cyclic N) is 1. The van der Waals surface area contributed by atoms with Crippen LogP contribution in [0.3, 0.4) is 0 Å². The lowest BCUT2D eigenvalue weighted by atomic mass is 10.2. The smallest absolute Gasteiger partial charge is 0.296 e. The van der Waals surface area contributed by atoms with Crippen LogP contribution in [0, 0.1) is 0 Å². The minimum atomic E-state index is -4.35. The molecule has 1 aliphatic rings. The van der Waals surface area contributed by atoms with Gasteiger partial charge in [-0.05, 0) is 14.0 Å². The molecule has 2 N–H and O–H groups in total. The van der Waals surface area contributed by atoms with Crippen molar-refractivity contribution in [3.8, 4) is 0 Å². The summed E-state index contributed by atoms with van der Waals surface area (Å²) in [5.74, 6) is 0. The summed E-state index contributed by atoms with van der Waals surface area (Å²) in [5.41, 5.74) is 0. The van der Waals surface area contributed by atoms with E-state index >= 15 is 0 Å². The molecule has 5 nitrogen and oxygen atoms in total. The van der Waals surface area contributed by atoms with Gasteiger partial charge in [-0.1, -0.05) is 0 Å². The molecule has 1 saturated heterocycles. The van der Waals surface area contributed by atoms with Crippen LogP contribution in [-0.4, -0.2) is 47.5 Å². The van der Waals surface area contributed by atoms with Gasteiger partial charge in [0.2, 0.25) is 4.93 Å². The maximum Gasteiger partial charge on any atom is 0.296 e. The molecule has 0 saturated carbocycles. The molecule has 12 heavy (non-hydrogen) atoms. The summed E-state index contributed by atoms with van der Waals surface area (Å²) in [5, 5.41) is 9.49. The van der Waals surface area contributed by atoms with Crippen LogP contribution < -0.4 is 0 Å². The Kier molecular flexibility index (Phi) is 2.20. The highest BCUT2D eigenvalue weighted by Crippen LogP contribution is 2.29. The summed E-state index contributed by atoms with van der Waals surface area (Å²) in [6, 6.07) is -0.0306. The van der Waals surface area contributed by atoms with E-state index < -0.39 is 15.1 Å². The summed E-state index contributed by atoms with van der Waals surface area (Å²) >= 11 is 0. The molecule has 0 spiro atoms. The molecular weight excluding hydrogens is 182 g/mol. The van der Waals surface area contributed by atoms with E-state index in [0.29, 0.717) is 0 Å². The normalized spacial score (nSPS) is 38.8. The Labute approximate surface area is 71.7 Å². The van der Waals surface area contributed by atoms with Gasteiger partial charge in [0.15, 0.2) is 0 Å². The molecule has 0 aromatic rings. The highest BCUT2D eigenvalue weighted by Gasteiger charge is 2.48. The lowest BCUT2D eigenvalue weighted by Gasteiger charge is -2.17. The third-order valence-corrected chi connectivity index (χ3v) is 3.60. The predicted molar refractivity (Wildman–Crippen MR) is 43.2 cm³/mol. The average molecular weight is 195 g/mol. The molecule has 1 fully saturated rings. The van der Waals surface area contributed by atoms with Gasteiger partial charge >= 0.3 is 0 Å². The second kappa shape index (κ2) is 2.66. The van der Waals surface area contributed by atoms with Crippen LogP contribution in [0.2, 0.25) is 0 Å². The number of aliphatic hydroxyl groups is 1. The van der Waals surface area contributed by atoms with Crippen LogP contribution in [0.25, 0.3) is 0 Å². The quantitative estimate of drug-likeness (QED) is 0.540. The maximum atomic E-state index is 10.7. The zero-order valence-corrected chi connectivity index (χ0v) is 7.87. The second-order valence-corrected chi connectivity index (χ2v) is 5.10. The van der Waals surface area contributed by atoms with Crippen molar-refractivity contribution in [2.45, 2.75) is 24.3 Å². The van der Waals surface area contributed by atoms with Gasteiger partial charge in [0.1, 0.15) is 0 Å². The summed E-state index contributed by atoms with van der Waals surface area (Å²) in [4.78, 5) is -0.283. The Balaban J connectivity index is 2.92. The van der Waals surface area contributed by atoms with Gasteiger partial charge in [0.25, 0.3) is 10.1 Å². The molecule has 6 heteroatoms. The van der Waals surface area contributed by atoms with Gasteiger partial charge in [-0.2, -0.15) is 8.42 Å². The second-order valence-electron chi connectivity index (χ2n) is 3.39. The Bertz CT molecular complexity index is 263. The molecule has 0 aromatic carbocycles. The monoisotopic (exact) mass is 195 g/mol. The van der Waals surface area contributed by atoms with Crippen molar-refractivity contribution in [1.29, 1.82) is 0 Å². The molecule has 72 valence electrons. The van der Waals surface area contributed by atoms with E-state index in [9.17, 15) is 13.5 Å². The van der Waals surface area contributed by atoms with Gasteiger partial charge < -0.3 is 5.11 Å². The van der Waals surface area contributed by atoms with Crippen LogP contribution in [0.1, 0.15) is 13.3 Å². The summed E-state index contributed by atoms with van der Waals surface area (Å²) < 4.78 is 30.2. The fourth-order valence-corrected chi connectivity index (χ4v) is 2.23. The molecule has 0 bridgehead atoms. The van der Waals surface area contributed by atoms with E-state index in [2.05, 4.69) is 0 Å². The van der Waals surface area contributed by atoms with E-state index in [0.717, 1.165) is 0 Å². The SMILES string of the molecule is CC1CC(O)(S(=O)(=O)O)CN1C. The number of likely N-dealkylation sites (N-methyl/N-ethyl adjacent to an activating group) is 1. The van der Waals surface area contributed by atoms with Crippen LogP contribution in [0.5, 0.6) is 0 Å². The van der Waals surface area contributed by atoms with Crippen molar-refractivity contribution in [3.05, 3.63) is 0 Å². The average Bonchev–Trinajstić information content (AvgIpc) is 2.06. The number of nitrogens with zero attached hydrogens (tertiary/aromatic N) is 1. The molecule has 1 heterocycles. The molecule has 2 atom stereocenters. The molecular formula is C6H13NO4S. The van der Waals surface area contributed by atoms with Crippen molar-refractivity contribution in [3.63, 3.8) is 0 Å². The van der Waals surface area contributed by atoms with Crippen LogP contribution in [-0.2, 0) is 10.1 Å². The Morgan fingerprint density at radius 2 is 2.08 bits per heavy atom. The molecule has 0 radical (unpaired) electrons. The fraction of sp³-hybridized carbons (Fsp3) is 1.00. The molecule has 0 aromatic heterocycles. The first-order valence-corrected chi connectivity index (χ1v) is 5.10. The van der Waals surface area contributed by atoms with E-state index in [1.54, 1.807) is 18.9 Å². The van der Waals surface area contributed by atoms with Gasteiger partial charge in [0, 0.05) is 19.0 Å². The third kappa shape index (κ3) is 1.47. The highest BCUT2D eigenvalue weighted by atomic mass is 32.2. The third-order valence-electron chi connectivity index (χ3n) is 2.34. The Morgan fingerprint density at radius 3 is 2.25 bits per heavy atom. The highest BCUT2D eigenvalue weighted by molar-refractivity contribution is 7.87. The van der Waals surface area contributed by atoms with Crippen LogP contribution in [0.4, 0.5) is 0 Å². The first-order chi connectivity index (χ1) is 5.26. The molecule has 0 aliphatic carbocycles. The largest absolute Gasteiger partial charge is 0.371 e. The number of hydrogen-bond acceptors (Lipinski definition) is 4. The van der Waals surface area contributed by atoms with E-state index in [-0.39, 0.29) is 19.0 Å². The molecule has 1 rings (SSSR count). The van der Waals surface area contributed by atoms with E-state index in [1.165, 1.54) is 0 Å². The van der Waals surface area contributed by atoms with Crippen molar-refractivity contribution < 1.29 is 18.1 Å². The van der Waals surface area contributed by atoms with Crippen molar-refractivity contribution in [2.75, 3.05) is 13.6 Å². The molecule has 2 unspecified atom stereocenters. The van der Waals surface area contributed by atoms with E-state index in [1.807, 2.05) is 0 Å². The lowest BCUT2D eigenvalue weighted by molar-refractivity contribution is 0.122. The Hall–Kier alpha value is -0.170. The first kappa shape index (κ1) is 9.91. The minimum absolute atomic E-state index is 0.0306. The lowest BCUT2D eigenvalue weighted by Crippen LogP contribution is -2.40. The van der Waals surface area contributed by atoms with E-state index in [4.69, 9.17) is 4.55 Å². The van der Waals surface area contributed by atoms with Gasteiger partial charge in [-0.15, -0.1) is 0 Å². The van der Waals surface area contributed by atoms with Gasteiger partial charge in [0.05, 0.1) is 0 Å². The molecule has 0 amide bonds. The first-order valence-electron chi connectivity index (χ1n) is 3.66. The summed E-state index contributed by atoms with van der Waals surface area (Å²) in [6.45, 7) is 1.76. The van der Waals surface area contributed by atoms with Crippen LogP contribution >= 0.6 is 0 Å².